The summed E-state index contributed by atoms with van der Waals surface area (Å²) < 4.78 is 31.6. The van der Waals surface area contributed by atoms with Crippen molar-refractivity contribution < 1.29 is 23.1 Å². The van der Waals surface area contributed by atoms with Gasteiger partial charge in [0.25, 0.3) is 5.91 Å². The Morgan fingerprint density at radius 3 is 2.46 bits per heavy atom. The smallest absolute Gasteiger partial charge is 0.328 e. The van der Waals surface area contributed by atoms with Crippen LogP contribution in [0.2, 0.25) is 5.02 Å². The first-order valence-electron chi connectivity index (χ1n) is 6.99. The molecule has 2 aromatic carbocycles. The highest BCUT2D eigenvalue weighted by Crippen LogP contribution is 2.14. The minimum atomic E-state index is -1.27. The van der Waals surface area contributed by atoms with E-state index in [0.29, 0.717) is 5.02 Å². The van der Waals surface area contributed by atoms with Gasteiger partial charge in [-0.05, 0) is 29.8 Å². The quantitative estimate of drug-likeness (QED) is 0.840. The zero-order valence-corrected chi connectivity index (χ0v) is 13.4. The average molecular weight is 354 g/mol. The zero-order chi connectivity index (χ0) is 17.7. The first-order chi connectivity index (χ1) is 11.4. The molecule has 0 fully saturated rings. The maximum absolute atomic E-state index is 13.7. The average Bonchev–Trinajstić information content (AvgIpc) is 2.57. The fourth-order valence-corrected chi connectivity index (χ4v) is 2.23. The number of rotatable bonds is 5. The van der Waals surface area contributed by atoms with Gasteiger partial charge in [0.15, 0.2) is 11.6 Å². The van der Waals surface area contributed by atoms with Crippen molar-refractivity contribution in [1.29, 1.82) is 0 Å². The minimum absolute atomic E-state index is 0.118. The molecule has 0 saturated heterocycles. The number of hydrogen-bond donors (Lipinski definition) is 1. The van der Waals surface area contributed by atoms with E-state index in [0.717, 1.165) is 17.7 Å². The lowest BCUT2D eigenvalue weighted by Gasteiger charge is -2.17. The van der Waals surface area contributed by atoms with E-state index in [1.54, 1.807) is 24.3 Å². The van der Waals surface area contributed by atoms with Crippen molar-refractivity contribution in [3.8, 4) is 0 Å². The summed E-state index contributed by atoms with van der Waals surface area (Å²) in [5.74, 6) is -4.02. The molecule has 1 atom stereocenters. The van der Waals surface area contributed by atoms with Gasteiger partial charge in [-0.2, -0.15) is 0 Å². The minimum Gasteiger partial charge on any atom is -0.467 e. The second-order valence-electron chi connectivity index (χ2n) is 4.98. The standard InChI is InChI=1S/C17H14ClF2NO3/c1-24-17(23)14(9-10-5-7-11(18)8-6-10)21-16(22)12-3-2-4-13(19)15(12)20/h2-8,14H,9H2,1H3,(H,21,22)/t14-/m1/s1. The molecule has 0 aromatic heterocycles. The van der Waals surface area contributed by atoms with Gasteiger partial charge < -0.3 is 10.1 Å². The Balaban J connectivity index is 2.19. The van der Waals surface area contributed by atoms with Crippen molar-refractivity contribution >= 4 is 23.5 Å². The van der Waals surface area contributed by atoms with Crippen molar-refractivity contribution in [3.05, 3.63) is 70.2 Å². The molecule has 0 aliphatic rings. The number of esters is 1. The molecule has 2 aromatic rings. The molecule has 0 saturated carbocycles. The molecular weight excluding hydrogens is 340 g/mol. The third-order valence-electron chi connectivity index (χ3n) is 3.34. The van der Waals surface area contributed by atoms with Crippen LogP contribution in [0.3, 0.4) is 0 Å². The molecule has 0 heterocycles. The number of ether oxygens (including phenoxy) is 1. The van der Waals surface area contributed by atoms with E-state index in [2.05, 4.69) is 10.1 Å². The number of methoxy groups -OCH3 is 1. The number of amides is 1. The highest BCUT2D eigenvalue weighted by Gasteiger charge is 2.24. The van der Waals surface area contributed by atoms with Crippen molar-refractivity contribution in [2.24, 2.45) is 0 Å². The molecule has 0 bridgehead atoms. The SMILES string of the molecule is COC(=O)[C@@H](Cc1ccc(Cl)cc1)NC(=O)c1cccc(F)c1F. The summed E-state index contributed by atoms with van der Waals surface area (Å²) in [6.45, 7) is 0. The van der Waals surface area contributed by atoms with Crippen LogP contribution in [0.15, 0.2) is 42.5 Å². The molecule has 126 valence electrons. The molecule has 1 amide bonds. The van der Waals surface area contributed by atoms with Crippen LogP contribution in [-0.2, 0) is 16.0 Å². The third kappa shape index (κ3) is 4.29. The Morgan fingerprint density at radius 1 is 1.17 bits per heavy atom. The predicted molar refractivity (Wildman–Crippen MR) is 84.8 cm³/mol. The molecule has 24 heavy (non-hydrogen) atoms. The van der Waals surface area contributed by atoms with Gasteiger partial charge in [0.05, 0.1) is 12.7 Å². The van der Waals surface area contributed by atoms with Crippen LogP contribution in [-0.4, -0.2) is 25.0 Å². The number of carbonyl (C=O) groups excluding carboxylic acids is 2. The lowest BCUT2D eigenvalue weighted by molar-refractivity contribution is -0.142. The first kappa shape index (κ1) is 17.9. The number of carbonyl (C=O) groups is 2. The predicted octanol–water partition coefficient (Wildman–Crippen LogP) is 3.13. The van der Waals surface area contributed by atoms with Gasteiger partial charge in [-0.15, -0.1) is 0 Å². The molecule has 0 aliphatic carbocycles. The van der Waals surface area contributed by atoms with Crippen molar-refractivity contribution in [3.63, 3.8) is 0 Å². The number of halogens is 3. The van der Waals surface area contributed by atoms with Crippen LogP contribution in [0, 0.1) is 11.6 Å². The monoisotopic (exact) mass is 353 g/mol. The van der Waals surface area contributed by atoms with E-state index in [-0.39, 0.29) is 6.42 Å². The van der Waals surface area contributed by atoms with E-state index in [9.17, 15) is 18.4 Å². The van der Waals surface area contributed by atoms with Crippen LogP contribution in [0.25, 0.3) is 0 Å². The van der Waals surface area contributed by atoms with Gasteiger partial charge in [0, 0.05) is 11.4 Å². The Labute approximate surface area is 142 Å². The van der Waals surface area contributed by atoms with E-state index in [4.69, 9.17) is 11.6 Å². The number of nitrogens with one attached hydrogen (secondary N) is 1. The molecular formula is C17H14ClF2NO3. The summed E-state index contributed by atoms with van der Waals surface area (Å²) in [4.78, 5) is 24.0. The van der Waals surface area contributed by atoms with Gasteiger partial charge in [0.1, 0.15) is 6.04 Å². The molecule has 1 N–H and O–H groups in total. The van der Waals surface area contributed by atoms with Crippen LogP contribution >= 0.6 is 11.6 Å². The van der Waals surface area contributed by atoms with Gasteiger partial charge in [0.2, 0.25) is 0 Å². The maximum Gasteiger partial charge on any atom is 0.328 e. The van der Waals surface area contributed by atoms with Crippen LogP contribution < -0.4 is 5.32 Å². The first-order valence-corrected chi connectivity index (χ1v) is 7.37. The van der Waals surface area contributed by atoms with Gasteiger partial charge in [-0.1, -0.05) is 29.8 Å². The normalized spacial score (nSPS) is 11.7. The van der Waals surface area contributed by atoms with Crippen LogP contribution in [0.4, 0.5) is 8.78 Å². The summed E-state index contributed by atoms with van der Waals surface area (Å²) >= 11 is 5.80. The number of hydrogen-bond acceptors (Lipinski definition) is 3. The van der Waals surface area contributed by atoms with Gasteiger partial charge in [-0.3, -0.25) is 4.79 Å². The third-order valence-corrected chi connectivity index (χ3v) is 3.59. The highest BCUT2D eigenvalue weighted by atomic mass is 35.5. The Morgan fingerprint density at radius 2 is 1.83 bits per heavy atom. The fraction of sp³-hybridized carbons (Fsp3) is 0.176. The Bertz CT molecular complexity index is 750. The topological polar surface area (TPSA) is 55.4 Å². The summed E-state index contributed by atoms with van der Waals surface area (Å²) in [5, 5.41) is 2.89. The molecule has 0 spiro atoms. The second-order valence-corrected chi connectivity index (χ2v) is 5.42. The van der Waals surface area contributed by atoms with Crippen molar-refractivity contribution in [2.75, 3.05) is 7.11 Å². The largest absolute Gasteiger partial charge is 0.467 e. The zero-order valence-electron chi connectivity index (χ0n) is 12.7. The molecule has 0 aliphatic heterocycles. The summed E-state index contributed by atoms with van der Waals surface area (Å²) in [7, 11) is 1.17. The van der Waals surface area contributed by atoms with Crippen LogP contribution in [0.1, 0.15) is 15.9 Å². The summed E-state index contributed by atoms with van der Waals surface area (Å²) in [6, 6.07) is 8.84. The maximum atomic E-state index is 13.7. The van der Waals surface area contributed by atoms with E-state index >= 15 is 0 Å². The summed E-state index contributed by atoms with van der Waals surface area (Å²) in [5.41, 5.74) is 0.231. The molecule has 0 radical (unpaired) electrons. The Kier molecular flexibility index (Phi) is 5.87. The Hall–Kier alpha value is -2.47. The second kappa shape index (κ2) is 7.88. The lowest BCUT2D eigenvalue weighted by Crippen LogP contribution is -2.43. The van der Waals surface area contributed by atoms with Crippen molar-refractivity contribution in [2.45, 2.75) is 12.5 Å². The number of benzene rings is 2. The molecule has 2 rings (SSSR count). The van der Waals surface area contributed by atoms with E-state index in [1.165, 1.54) is 13.2 Å². The molecule has 0 unspecified atom stereocenters. The highest BCUT2D eigenvalue weighted by molar-refractivity contribution is 6.30. The van der Waals surface area contributed by atoms with Crippen molar-refractivity contribution in [1.82, 2.24) is 5.32 Å². The fourth-order valence-electron chi connectivity index (χ4n) is 2.11. The molecule has 4 nitrogen and oxygen atoms in total. The summed E-state index contributed by atoms with van der Waals surface area (Å²) in [6.07, 6.45) is 0.118. The van der Waals surface area contributed by atoms with E-state index < -0.39 is 35.1 Å². The van der Waals surface area contributed by atoms with Gasteiger partial charge in [-0.25, -0.2) is 13.6 Å². The lowest BCUT2D eigenvalue weighted by atomic mass is 10.1. The van der Waals surface area contributed by atoms with Crippen LogP contribution in [0.5, 0.6) is 0 Å². The molecule has 7 heteroatoms. The van der Waals surface area contributed by atoms with Gasteiger partial charge >= 0.3 is 5.97 Å². The van der Waals surface area contributed by atoms with E-state index in [1.807, 2.05) is 0 Å².